The molecule has 0 amide bonds. The summed E-state index contributed by atoms with van der Waals surface area (Å²) in [6, 6.07) is 55.9. The molecule has 0 saturated carbocycles. The number of hydrogen-bond donors (Lipinski definition) is 0. The van der Waals surface area contributed by atoms with Crippen LogP contribution in [0.3, 0.4) is 0 Å². The van der Waals surface area contributed by atoms with E-state index in [0.29, 0.717) is 0 Å². The van der Waals surface area contributed by atoms with Gasteiger partial charge in [-0.2, -0.15) is 0 Å². The van der Waals surface area contributed by atoms with Crippen LogP contribution in [0.4, 0.5) is 0 Å². The molecule has 9 aromatic rings. The normalized spacial score (nSPS) is 11.6. The molecular weight excluding hydrogens is 548 g/mol. The standard InChI is InChI=1S/C43H28O2/c1-4-10-28(11-5-1)24-29-16-18-32(19-17-29)35-27-37-36-25-33(30-12-6-2-7-13-30)20-22-39(36)44-42(37)43-41(35)38-26-34(21-23-40(38)45-43)31-14-8-3-9-15-31/h1-23,25-27H,24H2. The SMILES string of the molecule is c1ccc(Cc2ccc(-c3cc4c5cc(-c6ccccc6)ccc5oc4c4oc5ccc(-c6ccccc6)cc5c34)cc2)cc1. The van der Waals surface area contributed by atoms with Gasteiger partial charge in [-0.05, 0) is 81.3 Å². The molecule has 0 N–H and O–H groups in total. The van der Waals surface area contributed by atoms with E-state index in [1.54, 1.807) is 0 Å². The van der Waals surface area contributed by atoms with Gasteiger partial charge in [0.1, 0.15) is 11.2 Å². The van der Waals surface area contributed by atoms with E-state index in [9.17, 15) is 0 Å². The summed E-state index contributed by atoms with van der Waals surface area (Å²) in [5, 5.41) is 4.30. The first-order chi connectivity index (χ1) is 22.3. The molecule has 0 aliphatic carbocycles. The number of fused-ring (bicyclic) bond motifs is 7. The molecule has 0 radical (unpaired) electrons. The highest BCUT2D eigenvalue weighted by Gasteiger charge is 2.21. The van der Waals surface area contributed by atoms with Crippen molar-refractivity contribution >= 4 is 43.9 Å². The summed E-state index contributed by atoms with van der Waals surface area (Å²) in [5.74, 6) is 0. The number of hydrogen-bond acceptors (Lipinski definition) is 2. The monoisotopic (exact) mass is 576 g/mol. The Morgan fingerprint density at radius 2 is 0.867 bits per heavy atom. The van der Waals surface area contributed by atoms with Crippen molar-refractivity contribution in [3.63, 3.8) is 0 Å². The lowest BCUT2D eigenvalue weighted by Gasteiger charge is -2.08. The third kappa shape index (κ3) is 4.42. The van der Waals surface area contributed by atoms with Crippen molar-refractivity contribution in [1.82, 2.24) is 0 Å². The highest BCUT2D eigenvalue weighted by molar-refractivity contribution is 6.24. The molecule has 2 nitrogen and oxygen atoms in total. The summed E-state index contributed by atoms with van der Waals surface area (Å²) >= 11 is 0. The Bertz CT molecular complexity index is 2470. The maximum absolute atomic E-state index is 6.67. The molecule has 2 heteroatoms. The van der Waals surface area contributed by atoms with Crippen molar-refractivity contribution in [1.29, 1.82) is 0 Å². The van der Waals surface area contributed by atoms with Gasteiger partial charge in [0.05, 0.1) is 0 Å². The van der Waals surface area contributed by atoms with Crippen LogP contribution in [-0.2, 0) is 6.42 Å². The third-order valence-corrected chi connectivity index (χ3v) is 8.91. The summed E-state index contributed by atoms with van der Waals surface area (Å²) in [7, 11) is 0. The van der Waals surface area contributed by atoms with Crippen LogP contribution in [0.5, 0.6) is 0 Å². The molecular formula is C43H28O2. The molecule has 0 spiro atoms. The minimum absolute atomic E-state index is 0.784. The Morgan fingerprint density at radius 3 is 1.51 bits per heavy atom. The molecule has 7 aromatic carbocycles. The second-order valence-electron chi connectivity index (χ2n) is 11.7. The zero-order valence-electron chi connectivity index (χ0n) is 24.5. The molecule has 0 aliphatic heterocycles. The predicted molar refractivity (Wildman–Crippen MR) is 187 cm³/mol. The highest BCUT2D eigenvalue weighted by atomic mass is 16.4. The van der Waals surface area contributed by atoms with E-state index in [-0.39, 0.29) is 0 Å². The Kier molecular flexibility index (Phi) is 5.92. The maximum Gasteiger partial charge on any atom is 0.179 e. The zero-order chi connectivity index (χ0) is 29.7. The van der Waals surface area contributed by atoms with Crippen LogP contribution in [-0.4, -0.2) is 0 Å². The molecule has 45 heavy (non-hydrogen) atoms. The molecule has 2 aromatic heterocycles. The Labute approximate surface area is 260 Å². The maximum atomic E-state index is 6.67. The van der Waals surface area contributed by atoms with Gasteiger partial charge in [-0.25, -0.2) is 0 Å². The van der Waals surface area contributed by atoms with Crippen LogP contribution >= 0.6 is 0 Å². The molecule has 2 heterocycles. The molecule has 0 atom stereocenters. The molecule has 0 bridgehead atoms. The van der Waals surface area contributed by atoms with Crippen LogP contribution in [0.1, 0.15) is 11.1 Å². The van der Waals surface area contributed by atoms with E-state index in [1.807, 2.05) is 6.07 Å². The van der Waals surface area contributed by atoms with Crippen molar-refractivity contribution in [3.05, 3.63) is 169 Å². The first-order valence-corrected chi connectivity index (χ1v) is 15.4. The smallest absolute Gasteiger partial charge is 0.179 e. The van der Waals surface area contributed by atoms with Gasteiger partial charge in [0.25, 0.3) is 0 Å². The van der Waals surface area contributed by atoms with Gasteiger partial charge in [-0.1, -0.05) is 127 Å². The average Bonchev–Trinajstić information content (AvgIpc) is 3.68. The van der Waals surface area contributed by atoms with E-state index in [0.717, 1.165) is 72.6 Å². The molecule has 0 aliphatic rings. The fourth-order valence-corrected chi connectivity index (χ4v) is 6.65. The van der Waals surface area contributed by atoms with Crippen LogP contribution in [0.25, 0.3) is 77.3 Å². The van der Waals surface area contributed by atoms with E-state index in [4.69, 9.17) is 8.83 Å². The molecule has 0 unspecified atom stereocenters. The second-order valence-corrected chi connectivity index (χ2v) is 11.7. The quantitative estimate of drug-likeness (QED) is 0.204. The van der Waals surface area contributed by atoms with Gasteiger partial charge < -0.3 is 8.83 Å². The average molecular weight is 577 g/mol. The van der Waals surface area contributed by atoms with Gasteiger partial charge in [0.15, 0.2) is 11.2 Å². The molecule has 0 fully saturated rings. The molecule has 9 rings (SSSR count). The Balaban J connectivity index is 1.29. The summed E-state index contributed by atoms with van der Waals surface area (Å²) < 4.78 is 13.3. The van der Waals surface area contributed by atoms with Gasteiger partial charge in [-0.3, -0.25) is 0 Å². The van der Waals surface area contributed by atoms with Gasteiger partial charge in [0.2, 0.25) is 0 Å². The van der Waals surface area contributed by atoms with Crippen molar-refractivity contribution in [2.24, 2.45) is 0 Å². The van der Waals surface area contributed by atoms with E-state index >= 15 is 0 Å². The minimum atomic E-state index is 0.784. The van der Waals surface area contributed by atoms with Crippen molar-refractivity contribution in [2.45, 2.75) is 6.42 Å². The van der Waals surface area contributed by atoms with Gasteiger partial charge in [-0.15, -0.1) is 0 Å². The minimum Gasteiger partial charge on any atom is -0.452 e. The van der Waals surface area contributed by atoms with Crippen molar-refractivity contribution in [2.75, 3.05) is 0 Å². The first-order valence-electron chi connectivity index (χ1n) is 15.4. The predicted octanol–water partition coefficient (Wildman–Crippen LogP) is 12.1. The third-order valence-electron chi connectivity index (χ3n) is 8.91. The summed E-state index contributed by atoms with van der Waals surface area (Å²) in [5.41, 5.74) is 12.8. The topological polar surface area (TPSA) is 26.3 Å². The summed E-state index contributed by atoms with van der Waals surface area (Å²) in [4.78, 5) is 0. The number of furan rings is 2. The zero-order valence-corrected chi connectivity index (χ0v) is 24.5. The van der Waals surface area contributed by atoms with Crippen LogP contribution in [0.15, 0.2) is 167 Å². The van der Waals surface area contributed by atoms with Crippen molar-refractivity contribution < 1.29 is 8.83 Å². The number of benzene rings is 7. The largest absolute Gasteiger partial charge is 0.452 e. The van der Waals surface area contributed by atoms with Crippen LogP contribution in [0.2, 0.25) is 0 Å². The molecule has 212 valence electrons. The van der Waals surface area contributed by atoms with E-state index in [1.165, 1.54) is 22.3 Å². The summed E-state index contributed by atoms with van der Waals surface area (Å²) in [6.45, 7) is 0. The highest BCUT2D eigenvalue weighted by Crippen LogP contribution is 2.45. The lowest BCUT2D eigenvalue weighted by atomic mass is 9.94. The Morgan fingerprint density at radius 1 is 0.356 bits per heavy atom. The Hall–Kier alpha value is -5.86. The number of rotatable bonds is 5. The summed E-state index contributed by atoms with van der Waals surface area (Å²) in [6.07, 6.45) is 0.902. The van der Waals surface area contributed by atoms with Gasteiger partial charge >= 0.3 is 0 Å². The van der Waals surface area contributed by atoms with E-state index < -0.39 is 0 Å². The fourth-order valence-electron chi connectivity index (χ4n) is 6.65. The van der Waals surface area contributed by atoms with Crippen LogP contribution in [0, 0.1) is 0 Å². The van der Waals surface area contributed by atoms with E-state index in [2.05, 4.69) is 152 Å². The fraction of sp³-hybridized carbons (Fsp3) is 0.0233. The second kappa shape index (κ2) is 10.4. The van der Waals surface area contributed by atoms with Crippen molar-refractivity contribution in [3.8, 4) is 33.4 Å². The van der Waals surface area contributed by atoms with Gasteiger partial charge in [0, 0.05) is 21.5 Å². The van der Waals surface area contributed by atoms with Crippen LogP contribution < -0.4 is 0 Å². The molecule has 0 saturated heterocycles. The first kappa shape index (κ1) is 25.6. The lowest BCUT2D eigenvalue weighted by molar-refractivity contribution is 0.633. The lowest BCUT2D eigenvalue weighted by Crippen LogP contribution is -1.88.